The van der Waals surface area contributed by atoms with Crippen molar-refractivity contribution < 1.29 is 18.8 Å². The van der Waals surface area contributed by atoms with Gasteiger partial charge in [0.05, 0.1) is 12.5 Å². The SMILES string of the molecule is CC(=O)NCc1ccc(-c2csc(NC(=O)C3CC(=O)N(c4cccc(Cl)c4)C3)n2)o1. The molecule has 0 spiro atoms. The molecule has 160 valence electrons. The lowest BCUT2D eigenvalue weighted by Gasteiger charge is -2.16. The Hall–Kier alpha value is -3.17. The van der Waals surface area contributed by atoms with Gasteiger partial charge in [0.1, 0.15) is 11.5 Å². The zero-order valence-electron chi connectivity index (χ0n) is 16.6. The average molecular weight is 459 g/mol. The van der Waals surface area contributed by atoms with Crippen molar-refractivity contribution in [3.8, 4) is 11.5 Å². The first-order chi connectivity index (χ1) is 14.9. The third kappa shape index (κ3) is 4.95. The van der Waals surface area contributed by atoms with Crippen LogP contribution >= 0.6 is 22.9 Å². The minimum atomic E-state index is -0.480. The lowest BCUT2D eigenvalue weighted by atomic mass is 10.1. The molecule has 3 aromatic rings. The van der Waals surface area contributed by atoms with Crippen molar-refractivity contribution in [1.82, 2.24) is 10.3 Å². The zero-order chi connectivity index (χ0) is 22.0. The molecule has 1 aliphatic rings. The Morgan fingerprint density at radius 2 is 2.16 bits per heavy atom. The Labute approximate surface area is 187 Å². The van der Waals surface area contributed by atoms with E-state index in [0.29, 0.717) is 39.6 Å². The van der Waals surface area contributed by atoms with Gasteiger partial charge in [0.25, 0.3) is 0 Å². The van der Waals surface area contributed by atoms with Gasteiger partial charge in [-0.05, 0) is 30.3 Å². The summed E-state index contributed by atoms with van der Waals surface area (Å²) in [6.07, 6.45) is 0.126. The van der Waals surface area contributed by atoms with E-state index in [1.807, 2.05) is 0 Å². The van der Waals surface area contributed by atoms with Crippen LogP contribution in [0.1, 0.15) is 19.1 Å². The number of hydrogen-bond acceptors (Lipinski definition) is 6. The highest BCUT2D eigenvalue weighted by molar-refractivity contribution is 7.14. The van der Waals surface area contributed by atoms with Crippen LogP contribution in [-0.2, 0) is 20.9 Å². The highest BCUT2D eigenvalue weighted by Gasteiger charge is 2.35. The molecular formula is C21H19ClN4O4S. The van der Waals surface area contributed by atoms with Crippen LogP contribution in [0.2, 0.25) is 5.02 Å². The molecule has 1 unspecified atom stereocenters. The van der Waals surface area contributed by atoms with Gasteiger partial charge in [-0.1, -0.05) is 17.7 Å². The summed E-state index contributed by atoms with van der Waals surface area (Å²) >= 11 is 7.28. The summed E-state index contributed by atoms with van der Waals surface area (Å²) in [5, 5.41) is 8.19. The molecule has 1 aromatic carbocycles. The first kappa shape index (κ1) is 21.1. The van der Waals surface area contributed by atoms with Crippen molar-refractivity contribution in [3.05, 3.63) is 52.6 Å². The topological polar surface area (TPSA) is 105 Å². The number of carbonyl (C=O) groups is 3. The molecule has 4 rings (SSSR count). The number of furan rings is 1. The van der Waals surface area contributed by atoms with E-state index in [1.54, 1.807) is 46.7 Å². The van der Waals surface area contributed by atoms with E-state index in [4.69, 9.17) is 16.0 Å². The first-order valence-electron chi connectivity index (χ1n) is 9.55. The van der Waals surface area contributed by atoms with Crippen molar-refractivity contribution in [2.75, 3.05) is 16.8 Å². The second-order valence-corrected chi connectivity index (χ2v) is 8.38. The second-order valence-electron chi connectivity index (χ2n) is 7.09. The molecule has 1 aliphatic heterocycles. The van der Waals surface area contributed by atoms with Gasteiger partial charge in [0, 0.05) is 36.0 Å². The predicted octanol–water partition coefficient (Wildman–Crippen LogP) is 3.68. The molecule has 0 saturated carbocycles. The summed E-state index contributed by atoms with van der Waals surface area (Å²) < 4.78 is 5.68. The average Bonchev–Trinajstić information content (AvgIpc) is 3.45. The van der Waals surface area contributed by atoms with Crippen LogP contribution < -0.4 is 15.5 Å². The van der Waals surface area contributed by atoms with Crippen molar-refractivity contribution >= 4 is 51.5 Å². The molecule has 0 radical (unpaired) electrons. The van der Waals surface area contributed by atoms with E-state index in [0.717, 1.165) is 0 Å². The van der Waals surface area contributed by atoms with Gasteiger partial charge >= 0.3 is 0 Å². The van der Waals surface area contributed by atoms with Crippen LogP contribution in [-0.4, -0.2) is 29.3 Å². The number of anilines is 2. The number of amides is 3. The van der Waals surface area contributed by atoms with Gasteiger partial charge in [-0.15, -0.1) is 11.3 Å². The van der Waals surface area contributed by atoms with Gasteiger partial charge in [-0.3, -0.25) is 14.4 Å². The fraction of sp³-hybridized carbons (Fsp3) is 0.238. The maximum Gasteiger partial charge on any atom is 0.231 e. The number of benzene rings is 1. The Morgan fingerprint density at radius 3 is 2.94 bits per heavy atom. The normalized spacial score (nSPS) is 15.9. The number of rotatable bonds is 6. The molecule has 1 atom stereocenters. The minimum Gasteiger partial charge on any atom is -0.458 e. The first-order valence-corrected chi connectivity index (χ1v) is 10.8. The summed E-state index contributed by atoms with van der Waals surface area (Å²) in [4.78, 5) is 42.1. The Balaban J connectivity index is 1.38. The smallest absolute Gasteiger partial charge is 0.231 e. The van der Waals surface area contributed by atoms with Crippen LogP contribution in [0, 0.1) is 5.92 Å². The second kappa shape index (κ2) is 8.91. The number of aromatic nitrogens is 1. The third-order valence-corrected chi connectivity index (χ3v) is 5.77. The summed E-state index contributed by atoms with van der Waals surface area (Å²) in [7, 11) is 0. The van der Waals surface area contributed by atoms with Crippen molar-refractivity contribution in [2.45, 2.75) is 19.9 Å². The summed E-state index contributed by atoms with van der Waals surface area (Å²) in [6.45, 7) is 2.02. The molecule has 1 fully saturated rings. The van der Waals surface area contributed by atoms with E-state index in [2.05, 4.69) is 15.6 Å². The highest BCUT2D eigenvalue weighted by atomic mass is 35.5. The number of nitrogens with zero attached hydrogens (tertiary/aromatic N) is 2. The van der Waals surface area contributed by atoms with Gasteiger partial charge < -0.3 is 20.0 Å². The highest BCUT2D eigenvalue weighted by Crippen LogP contribution is 2.30. The van der Waals surface area contributed by atoms with Crippen LogP contribution in [0.25, 0.3) is 11.5 Å². The summed E-state index contributed by atoms with van der Waals surface area (Å²) in [5.41, 5.74) is 1.26. The van der Waals surface area contributed by atoms with Crippen molar-refractivity contribution in [1.29, 1.82) is 0 Å². The number of hydrogen-bond donors (Lipinski definition) is 2. The molecule has 31 heavy (non-hydrogen) atoms. The molecule has 10 heteroatoms. The Bertz CT molecular complexity index is 1140. The molecule has 2 N–H and O–H groups in total. The molecular weight excluding hydrogens is 440 g/mol. The molecule has 3 amide bonds. The monoisotopic (exact) mass is 458 g/mol. The molecule has 3 heterocycles. The fourth-order valence-electron chi connectivity index (χ4n) is 3.25. The molecule has 1 saturated heterocycles. The van der Waals surface area contributed by atoms with Crippen LogP contribution in [0.4, 0.5) is 10.8 Å². The predicted molar refractivity (Wildman–Crippen MR) is 118 cm³/mol. The summed E-state index contributed by atoms with van der Waals surface area (Å²) in [6, 6.07) is 10.5. The lowest BCUT2D eigenvalue weighted by Crippen LogP contribution is -2.28. The fourth-order valence-corrected chi connectivity index (χ4v) is 4.14. The van der Waals surface area contributed by atoms with E-state index >= 15 is 0 Å². The number of carbonyl (C=O) groups excluding carboxylic acids is 3. The van der Waals surface area contributed by atoms with E-state index in [9.17, 15) is 14.4 Å². The third-order valence-electron chi connectivity index (χ3n) is 4.78. The standard InChI is InChI=1S/C21H19ClN4O4S/c1-12(27)23-9-16-5-6-18(30-16)17-11-31-21(24-17)25-20(29)13-7-19(28)26(10-13)15-4-2-3-14(22)8-15/h2-6,8,11,13H,7,9-10H2,1H3,(H,23,27)(H,24,25,29). The molecule has 8 nitrogen and oxygen atoms in total. The Morgan fingerprint density at radius 1 is 1.32 bits per heavy atom. The van der Waals surface area contributed by atoms with Crippen LogP contribution in [0.3, 0.4) is 0 Å². The van der Waals surface area contributed by atoms with Gasteiger partial charge in [-0.2, -0.15) is 0 Å². The van der Waals surface area contributed by atoms with Gasteiger partial charge in [0.15, 0.2) is 10.9 Å². The van der Waals surface area contributed by atoms with Crippen molar-refractivity contribution in [2.24, 2.45) is 5.92 Å². The molecule has 0 aliphatic carbocycles. The molecule has 0 bridgehead atoms. The quantitative estimate of drug-likeness (QED) is 0.586. The maximum atomic E-state index is 12.7. The largest absolute Gasteiger partial charge is 0.458 e. The van der Waals surface area contributed by atoms with Gasteiger partial charge in [0.2, 0.25) is 17.7 Å². The number of nitrogens with one attached hydrogen (secondary N) is 2. The number of halogens is 1. The zero-order valence-corrected chi connectivity index (χ0v) is 18.1. The van der Waals surface area contributed by atoms with E-state index < -0.39 is 5.92 Å². The van der Waals surface area contributed by atoms with Gasteiger partial charge in [-0.25, -0.2) is 4.98 Å². The lowest BCUT2D eigenvalue weighted by molar-refractivity contribution is -0.122. The number of thiazole rings is 1. The Kier molecular flexibility index (Phi) is 6.06. The maximum absolute atomic E-state index is 12.7. The van der Waals surface area contributed by atoms with E-state index in [-0.39, 0.29) is 30.7 Å². The summed E-state index contributed by atoms with van der Waals surface area (Å²) in [5.74, 6) is 0.145. The minimum absolute atomic E-state index is 0.121. The van der Waals surface area contributed by atoms with Crippen LogP contribution in [0.5, 0.6) is 0 Å². The van der Waals surface area contributed by atoms with Crippen LogP contribution in [0.15, 0.2) is 46.2 Å². The van der Waals surface area contributed by atoms with E-state index in [1.165, 1.54) is 18.3 Å². The van der Waals surface area contributed by atoms with Crippen molar-refractivity contribution in [3.63, 3.8) is 0 Å². The molecule has 2 aromatic heterocycles.